The fourth-order valence-corrected chi connectivity index (χ4v) is 0.385. The minimum atomic E-state index is 0. The Morgan fingerprint density at radius 2 is 1.08 bits per heavy atom. The van der Waals surface area contributed by atoms with E-state index >= 15 is 0 Å². The Bertz CT molecular complexity index is 134. The standard InChI is InChI=1S/C6H6.CH4N2O.2FH/c1-2-4-6-5-3-1;2-3-1-4;;/h1-6H;1H,2H2,(H,3,4);2*1H. The average molecular weight is 178 g/mol. The molecule has 0 spiro atoms. The molecule has 0 saturated heterocycles. The van der Waals surface area contributed by atoms with Crippen LogP contribution in [0.5, 0.6) is 0 Å². The summed E-state index contributed by atoms with van der Waals surface area (Å²) in [5.74, 6) is 4.41. The number of halogens is 2. The molecule has 0 aliphatic rings. The lowest BCUT2D eigenvalue weighted by Gasteiger charge is -1.69. The molecule has 12 heavy (non-hydrogen) atoms. The predicted octanol–water partition coefficient (Wildman–Crippen LogP) is 0.598. The van der Waals surface area contributed by atoms with Crippen LogP contribution in [0.2, 0.25) is 0 Å². The maximum atomic E-state index is 8.94. The van der Waals surface area contributed by atoms with Crippen molar-refractivity contribution in [1.29, 1.82) is 0 Å². The first-order chi connectivity index (χ1) is 4.91. The van der Waals surface area contributed by atoms with Gasteiger partial charge in [-0.1, -0.05) is 36.4 Å². The number of amides is 1. The monoisotopic (exact) mass is 178 g/mol. The molecule has 0 unspecified atom stereocenters. The van der Waals surface area contributed by atoms with Crippen LogP contribution in [0.1, 0.15) is 0 Å². The topological polar surface area (TPSA) is 55.1 Å². The second kappa shape index (κ2) is 16.3. The molecule has 1 amide bonds. The van der Waals surface area contributed by atoms with E-state index in [4.69, 9.17) is 4.79 Å². The Labute approximate surface area is 69.3 Å². The Balaban J connectivity index is -0.000000124. The number of rotatable bonds is 1. The molecule has 1 aromatic rings. The van der Waals surface area contributed by atoms with Crippen molar-refractivity contribution in [3.63, 3.8) is 0 Å². The normalized spacial score (nSPS) is 5.75. The smallest absolute Gasteiger partial charge is 0.221 e. The van der Waals surface area contributed by atoms with E-state index in [0.29, 0.717) is 6.41 Å². The Hall–Kier alpha value is -1.49. The molecule has 0 fully saturated rings. The quantitative estimate of drug-likeness (QED) is 0.286. The maximum Gasteiger partial charge on any atom is 0.221 e. The second-order valence-electron chi connectivity index (χ2n) is 1.44. The van der Waals surface area contributed by atoms with Crippen LogP contribution in [0, 0.1) is 0 Å². The number of hydrogen-bond acceptors (Lipinski definition) is 2. The highest BCUT2D eigenvalue weighted by Gasteiger charge is 1.57. The van der Waals surface area contributed by atoms with Gasteiger partial charge in [-0.05, 0) is 0 Å². The number of carbonyl (C=O) groups is 1. The lowest BCUT2D eigenvalue weighted by atomic mass is 10.4. The highest BCUT2D eigenvalue weighted by Crippen LogP contribution is 1.79. The van der Waals surface area contributed by atoms with Crippen molar-refractivity contribution in [1.82, 2.24) is 5.43 Å². The molecule has 0 atom stereocenters. The zero-order valence-corrected chi connectivity index (χ0v) is 6.34. The van der Waals surface area contributed by atoms with Crippen LogP contribution < -0.4 is 11.3 Å². The number of benzene rings is 1. The Morgan fingerprint density at radius 1 is 0.917 bits per heavy atom. The summed E-state index contributed by atoms with van der Waals surface area (Å²) in [6, 6.07) is 12.0. The van der Waals surface area contributed by atoms with Crippen molar-refractivity contribution in [2.75, 3.05) is 0 Å². The molecule has 0 aliphatic carbocycles. The third-order valence-corrected chi connectivity index (χ3v) is 0.735. The summed E-state index contributed by atoms with van der Waals surface area (Å²) in [5, 5.41) is 0. The van der Waals surface area contributed by atoms with Gasteiger partial charge in [0.1, 0.15) is 0 Å². The molecule has 1 aromatic carbocycles. The van der Waals surface area contributed by atoms with Gasteiger partial charge in [-0.3, -0.25) is 19.6 Å². The van der Waals surface area contributed by atoms with E-state index in [0.717, 1.165) is 0 Å². The van der Waals surface area contributed by atoms with Crippen molar-refractivity contribution in [3.8, 4) is 0 Å². The summed E-state index contributed by atoms with van der Waals surface area (Å²) in [5.41, 5.74) is 1.75. The summed E-state index contributed by atoms with van der Waals surface area (Å²) < 4.78 is 0. The number of nitrogens with two attached hydrogens (primary N) is 1. The van der Waals surface area contributed by atoms with Gasteiger partial charge in [0, 0.05) is 0 Å². The number of nitrogens with one attached hydrogen (secondary N) is 1. The molecule has 3 N–H and O–H groups in total. The van der Waals surface area contributed by atoms with Gasteiger partial charge in [-0.25, -0.2) is 5.84 Å². The number of carbonyl (C=O) groups excluding carboxylic acids is 1. The molecule has 0 bridgehead atoms. The van der Waals surface area contributed by atoms with E-state index in [9.17, 15) is 0 Å². The van der Waals surface area contributed by atoms with Gasteiger partial charge in [0.25, 0.3) is 0 Å². The molecular weight excluding hydrogens is 166 g/mol. The molecule has 70 valence electrons. The highest BCUT2D eigenvalue weighted by atomic mass is 19.0. The van der Waals surface area contributed by atoms with Crippen LogP contribution in [0.3, 0.4) is 0 Å². The number of hydrazine groups is 1. The largest absolute Gasteiger partial charge is 0.297 e. The van der Waals surface area contributed by atoms with Gasteiger partial charge in [0.15, 0.2) is 0 Å². The fraction of sp³-hybridized carbons (Fsp3) is 0. The van der Waals surface area contributed by atoms with Gasteiger partial charge < -0.3 is 0 Å². The average Bonchev–Trinajstić information content (AvgIpc) is 2.08. The van der Waals surface area contributed by atoms with Crippen molar-refractivity contribution < 1.29 is 14.2 Å². The summed E-state index contributed by atoms with van der Waals surface area (Å²) in [6.07, 6.45) is 0.403. The van der Waals surface area contributed by atoms with Crippen molar-refractivity contribution in [3.05, 3.63) is 36.4 Å². The van der Waals surface area contributed by atoms with Gasteiger partial charge >= 0.3 is 0 Å². The molecule has 3 nitrogen and oxygen atoms in total. The van der Waals surface area contributed by atoms with E-state index in [-0.39, 0.29) is 9.41 Å². The molecule has 5 heteroatoms. The molecule has 1 rings (SSSR count). The Kier molecular flexibility index (Phi) is 22.8. The van der Waals surface area contributed by atoms with E-state index in [2.05, 4.69) is 5.84 Å². The van der Waals surface area contributed by atoms with Crippen molar-refractivity contribution in [2.45, 2.75) is 0 Å². The zero-order valence-electron chi connectivity index (χ0n) is 6.34. The lowest BCUT2D eigenvalue weighted by Crippen LogP contribution is -2.18. The van der Waals surface area contributed by atoms with E-state index in [1.165, 1.54) is 0 Å². The lowest BCUT2D eigenvalue weighted by molar-refractivity contribution is -0.109. The highest BCUT2D eigenvalue weighted by molar-refractivity contribution is 5.44. The van der Waals surface area contributed by atoms with Gasteiger partial charge in [0.2, 0.25) is 6.41 Å². The van der Waals surface area contributed by atoms with Gasteiger partial charge in [-0.2, -0.15) is 0 Å². The van der Waals surface area contributed by atoms with Crippen molar-refractivity contribution in [2.24, 2.45) is 5.84 Å². The minimum absolute atomic E-state index is 0. The SMILES string of the molecule is F.F.NNC=O.c1ccccc1. The summed E-state index contributed by atoms with van der Waals surface area (Å²) in [4.78, 5) is 8.94. The first-order valence-corrected chi connectivity index (χ1v) is 2.81. The Morgan fingerprint density at radius 3 is 1.17 bits per heavy atom. The number of hydrogen-bond donors (Lipinski definition) is 2. The van der Waals surface area contributed by atoms with Crippen LogP contribution in [-0.4, -0.2) is 6.41 Å². The maximum absolute atomic E-state index is 8.94. The van der Waals surface area contributed by atoms with E-state index < -0.39 is 0 Å². The first-order valence-electron chi connectivity index (χ1n) is 2.81. The third kappa shape index (κ3) is 15.8. The summed E-state index contributed by atoms with van der Waals surface area (Å²) in [6.45, 7) is 0. The molecule has 0 aromatic heterocycles. The third-order valence-electron chi connectivity index (χ3n) is 0.735. The molecule has 0 radical (unpaired) electrons. The van der Waals surface area contributed by atoms with Crippen LogP contribution in [-0.2, 0) is 4.79 Å². The fourth-order valence-electron chi connectivity index (χ4n) is 0.385. The van der Waals surface area contributed by atoms with Crippen LogP contribution in [0.4, 0.5) is 9.41 Å². The van der Waals surface area contributed by atoms with E-state index in [1.807, 2.05) is 36.4 Å². The van der Waals surface area contributed by atoms with Gasteiger partial charge in [-0.15, -0.1) is 0 Å². The van der Waals surface area contributed by atoms with Crippen LogP contribution >= 0.6 is 0 Å². The zero-order chi connectivity index (χ0) is 7.66. The first kappa shape index (κ1) is 16.9. The molecular formula is C7H12F2N2O. The summed E-state index contributed by atoms with van der Waals surface area (Å²) in [7, 11) is 0. The van der Waals surface area contributed by atoms with Crippen LogP contribution in [0.25, 0.3) is 0 Å². The minimum Gasteiger partial charge on any atom is -0.297 e. The molecule has 0 aliphatic heterocycles. The molecule has 0 saturated carbocycles. The van der Waals surface area contributed by atoms with Crippen LogP contribution in [0.15, 0.2) is 36.4 Å². The summed E-state index contributed by atoms with van der Waals surface area (Å²) >= 11 is 0. The molecule has 0 heterocycles. The van der Waals surface area contributed by atoms with Gasteiger partial charge in [0.05, 0.1) is 0 Å². The second-order valence-corrected chi connectivity index (χ2v) is 1.44. The van der Waals surface area contributed by atoms with E-state index in [1.54, 1.807) is 5.43 Å². The van der Waals surface area contributed by atoms with Crippen molar-refractivity contribution >= 4 is 6.41 Å². The predicted molar refractivity (Wildman–Crippen MR) is 44.8 cm³/mol.